The van der Waals surface area contributed by atoms with Gasteiger partial charge in [0.15, 0.2) is 9.84 Å². The molecule has 210 valence electrons. The summed E-state index contributed by atoms with van der Waals surface area (Å²) in [4.78, 5) is 17.2. The van der Waals surface area contributed by atoms with Crippen molar-refractivity contribution in [2.24, 2.45) is 4.99 Å². The van der Waals surface area contributed by atoms with Crippen molar-refractivity contribution in [1.29, 1.82) is 5.26 Å². The van der Waals surface area contributed by atoms with E-state index in [2.05, 4.69) is 26.3 Å². The van der Waals surface area contributed by atoms with Crippen molar-refractivity contribution >= 4 is 27.7 Å². The van der Waals surface area contributed by atoms with Crippen LogP contribution >= 0.6 is 0 Å². The first-order valence-electron chi connectivity index (χ1n) is 13.3. The number of aromatic nitrogens is 2. The number of nitrogens with zero attached hydrogens (tertiary/aromatic N) is 6. The minimum atomic E-state index is -3.52. The van der Waals surface area contributed by atoms with Crippen LogP contribution in [0.25, 0.3) is 11.3 Å². The Morgan fingerprint density at radius 1 is 1.12 bits per heavy atom. The molecule has 0 spiro atoms. The van der Waals surface area contributed by atoms with E-state index < -0.39 is 15.4 Å². The largest absolute Gasteiger partial charge is 0.388 e. The van der Waals surface area contributed by atoms with Crippen molar-refractivity contribution in [3.8, 4) is 17.3 Å². The number of nitriles is 1. The SMILES string of the molecule is N#Cc1cccc(-c2ccnc(Nc3ccc(S(=O)(=O)CC=CN4CCC(O)(CN5C=CC=NC5)CC4)cc3)n2)c1. The lowest BCUT2D eigenvalue weighted by Gasteiger charge is -2.40. The van der Waals surface area contributed by atoms with Crippen molar-refractivity contribution in [3.05, 3.63) is 90.9 Å². The maximum absolute atomic E-state index is 12.9. The summed E-state index contributed by atoms with van der Waals surface area (Å²) in [6.45, 7) is 2.39. The molecule has 11 heteroatoms. The highest BCUT2D eigenvalue weighted by Gasteiger charge is 2.33. The van der Waals surface area contributed by atoms with Gasteiger partial charge in [-0.15, -0.1) is 0 Å². The fraction of sp³-hybridized carbons (Fsp3) is 0.267. The number of β-amino-alcohol motifs (C(OH)–C–C–N with tert-alkyl or cyclic N) is 1. The molecule has 5 rings (SSSR count). The number of rotatable bonds is 9. The van der Waals surface area contributed by atoms with Crippen molar-refractivity contribution in [2.75, 3.05) is 37.4 Å². The average molecular weight is 570 g/mol. The van der Waals surface area contributed by atoms with Crippen molar-refractivity contribution in [1.82, 2.24) is 19.8 Å². The van der Waals surface area contributed by atoms with Crippen molar-refractivity contribution < 1.29 is 13.5 Å². The Balaban J connectivity index is 1.14. The van der Waals surface area contributed by atoms with Gasteiger partial charge in [0.05, 0.1) is 33.6 Å². The lowest BCUT2D eigenvalue weighted by atomic mass is 9.91. The number of hydrogen-bond donors (Lipinski definition) is 2. The zero-order chi connectivity index (χ0) is 28.7. The van der Waals surface area contributed by atoms with Gasteiger partial charge in [0, 0.05) is 49.5 Å². The van der Waals surface area contributed by atoms with E-state index in [1.165, 1.54) is 0 Å². The summed E-state index contributed by atoms with van der Waals surface area (Å²) in [6, 6.07) is 17.5. The molecule has 0 amide bonds. The second-order valence-corrected chi connectivity index (χ2v) is 12.1. The zero-order valence-electron chi connectivity index (χ0n) is 22.5. The molecule has 0 aliphatic carbocycles. The fourth-order valence-corrected chi connectivity index (χ4v) is 5.85. The van der Waals surface area contributed by atoms with Crippen LogP contribution in [0.5, 0.6) is 0 Å². The van der Waals surface area contributed by atoms with Gasteiger partial charge >= 0.3 is 0 Å². The summed E-state index contributed by atoms with van der Waals surface area (Å²) < 4.78 is 25.8. The molecule has 10 nitrogen and oxygen atoms in total. The molecule has 0 unspecified atom stereocenters. The molecule has 0 atom stereocenters. The van der Waals surface area contributed by atoms with Crippen molar-refractivity contribution in [3.63, 3.8) is 0 Å². The molecule has 1 fully saturated rings. The molecule has 2 N–H and O–H groups in total. The number of likely N-dealkylation sites (tertiary alicyclic amines) is 1. The highest BCUT2D eigenvalue weighted by Crippen LogP contribution is 2.25. The van der Waals surface area contributed by atoms with Crippen LogP contribution in [-0.2, 0) is 9.84 Å². The predicted molar refractivity (Wildman–Crippen MR) is 158 cm³/mol. The Hall–Kier alpha value is -4.53. The van der Waals surface area contributed by atoms with Crippen LogP contribution < -0.4 is 5.32 Å². The summed E-state index contributed by atoms with van der Waals surface area (Å²) in [5.74, 6) is 0.238. The molecular weight excluding hydrogens is 538 g/mol. The topological polar surface area (TPSA) is 135 Å². The predicted octanol–water partition coefficient (Wildman–Crippen LogP) is 3.73. The van der Waals surface area contributed by atoms with Gasteiger partial charge < -0.3 is 20.2 Å². The summed E-state index contributed by atoms with van der Waals surface area (Å²) in [5, 5.41) is 23.2. The molecule has 1 aromatic heterocycles. The molecule has 0 bridgehead atoms. The standard InChI is InChI=1S/C30H31N7O3S/c31-21-24-4-1-5-25(20-24)28-10-14-33-29(35-28)34-26-6-8-27(9-7-26)41(39,40)19-3-16-36-17-11-30(38,12-18-36)22-37-15-2-13-32-23-37/h1-10,13-16,20,38H,11-12,17-19,22-23H2,(H,33,34,35). The fourth-order valence-electron chi connectivity index (χ4n) is 4.77. The number of sulfone groups is 1. The molecule has 1 saturated heterocycles. The number of allylic oxidation sites excluding steroid dienone is 1. The minimum absolute atomic E-state index is 0.121. The maximum Gasteiger partial charge on any atom is 0.227 e. The molecule has 3 heterocycles. The van der Waals surface area contributed by atoms with Crippen molar-refractivity contribution in [2.45, 2.75) is 23.3 Å². The third-order valence-electron chi connectivity index (χ3n) is 7.02. The van der Waals surface area contributed by atoms with Gasteiger partial charge in [0.1, 0.15) is 6.67 Å². The number of anilines is 2. The number of benzene rings is 2. The monoisotopic (exact) mass is 569 g/mol. The van der Waals surface area contributed by atoms with Crippen LogP contribution in [0, 0.1) is 11.3 Å². The van der Waals surface area contributed by atoms with Crippen LogP contribution in [0.3, 0.4) is 0 Å². The van der Waals surface area contributed by atoms with E-state index in [4.69, 9.17) is 5.26 Å². The quantitative estimate of drug-likeness (QED) is 0.395. The van der Waals surface area contributed by atoms with Gasteiger partial charge in [-0.2, -0.15) is 5.26 Å². The van der Waals surface area contributed by atoms with E-state index in [1.54, 1.807) is 67.0 Å². The molecule has 41 heavy (non-hydrogen) atoms. The van der Waals surface area contributed by atoms with E-state index in [0.29, 0.717) is 62.0 Å². The first-order chi connectivity index (χ1) is 19.8. The molecule has 3 aromatic rings. The second kappa shape index (κ2) is 12.3. The molecule has 0 radical (unpaired) electrons. The van der Waals surface area contributed by atoms with Gasteiger partial charge in [-0.3, -0.25) is 4.99 Å². The van der Waals surface area contributed by atoms with Gasteiger partial charge in [-0.05, 0) is 67.6 Å². The number of hydrogen-bond acceptors (Lipinski definition) is 10. The van der Waals surface area contributed by atoms with Gasteiger partial charge in [-0.1, -0.05) is 18.2 Å². The third-order valence-corrected chi connectivity index (χ3v) is 8.64. The highest BCUT2D eigenvalue weighted by molar-refractivity contribution is 7.91. The summed E-state index contributed by atoms with van der Waals surface area (Å²) in [7, 11) is -3.52. The van der Waals surface area contributed by atoms with Gasteiger partial charge in [-0.25, -0.2) is 18.4 Å². The number of piperidine rings is 1. The van der Waals surface area contributed by atoms with Crippen LogP contribution in [0.15, 0.2) is 95.2 Å². The second-order valence-electron chi connectivity index (χ2n) is 10.1. The highest BCUT2D eigenvalue weighted by atomic mass is 32.2. The third kappa shape index (κ3) is 7.36. The molecule has 2 aromatic carbocycles. The van der Waals surface area contributed by atoms with E-state index >= 15 is 0 Å². The molecule has 2 aliphatic heterocycles. The van der Waals surface area contributed by atoms with Gasteiger partial charge in [0.2, 0.25) is 5.95 Å². The Labute approximate surface area is 239 Å². The van der Waals surface area contributed by atoms with Crippen LogP contribution in [0.2, 0.25) is 0 Å². The lowest BCUT2D eigenvalue weighted by Crippen LogP contribution is -2.49. The molecule has 2 aliphatic rings. The Morgan fingerprint density at radius 2 is 1.93 bits per heavy atom. The normalized spacial score (nSPS) is 16.6. The van der Waals surface area contributed by atoms with E-state index in [9.17, 15) is 13.5 Å². The van der Waals surface area contributed by atoms with E-state index in [1.807, 2.05) is 34.3 Å². The smallest absolute Gasteiger partial charge is 0.227 e. The van der Waals surface area contributed by atoms with Crippen LogP contribution in [0.4, 0.5) is 11.6 Å². The zero-order valence-corrected chi connectivity index (χ0v) is 23.3. The molecular formula is C30H31N7O3S. The minimum Gasteiger partial charge on any atom is -0.388 e. The number of aliphatic imine (C=N–C) groups is 1. The van der Waals surface area contributed by atoms with E-state index in [0.717, 1.165) is 5.56 Å². The first kappa shape index (κ1) is 28.0. The summed E-state index contributed by atoms with van der Waals surface area (Å²) in [6.07, 6.45) is 11.9. The summed E-state index contributed by atoms with van der Waals surface area (Å²) in [5.41, 5.74) is 1.88. The Bertz CT molecular complexity index is 1600. The summed E-state index contributed by atoms with van der Waals surface area (Å²) >= 11 is 0. The lowest BCUT2D eigenvalue weighted by molar-refractivity contribution is -0.0292. The Kier molecular flexibility index (Phi) is 8.42. The Morgan fingerprint density at radius 3 is 2.66 bits per heavy atom. The van der Waals surface area contributed by atoms with E-state index in [-0.39, 0.29) is 10.6 Å². The first-order valence-corrected chi connectivity index (χ1v) is 14.9. The molecule has 0 saturated carbocycles. The number of aliphatic hydroxyl groups is 1. The van der Waals surface area contributed by atoms with Crippen LogP contribution in [0.1, 0.15) is 18.4 Å². The van der Waals surface area contributed by atoms with Gasteiger partial charge in [0.25, 0.3) is 0 Å². The maximum atomic E-state index is 12.9. The van der Waals surface area contributed by atoms with Crippen LogP contribution in [-0.4, -0.2) is 77.2 Å². The number of nitrogens with one attached hydrogen (secondary N) is 1. The average Bonchev–Trinajstić information content (AvgIpc) is 2.99.